The number of hydrogen-bond acceptors (Lipinski definition) is 5. The molecule has 2 aromatic heterocycles. The third-order valence-electron chi connectivity index (χ3n) is 6.27. The number of thiocarbonyl (C=S) groups is 1. The summed E-state index contributed by atoms with van der Waals surface area (Å²) < 4.78 is 13.0. The van der Waals surface area contributed by atoms with Crippen molar-refractivity contribution in [3.63, 3.8) is 0 Å². The molecule has 2 unspecified atom stereocenters. The zero-order valence-corrected chi connectivity index (χ0v) is 20.9. The van der Waals surface area contributed by atoms with Crippen molar-refractivity contribution in [2.75, 3.05) is 39.4 Å². The summed E-state index contributed by atoms with van der Waals surface area (Å²) in [4.78, 5) is 9.29. The molecule has 3 aromatic rings. The highest BCUT2D eigenvalue weighted by molar-refractivity contribution is 9.10. The molecule has 33 heavy (non-hydrogen) atoms. The van der Waals surface area contributed by atoms with Gasteiger partial charge in [-0.05, 0) is 61.1 Å². The summed E-state index contributed by atoms with van der Waals surface area (Å²) in [5.74, 6) is 1.71. The molecule has 2 aliphatic heterocycles. The molecule has 0 aliphatic carbocycles. The highest BCUT2D eigenvalue weighted by atomic mass is 79.9. The molecular formula is C25H27BrN4O2S. The molecule has 4 heterocycles. The normalized spacial score (nSPS) is 21.4. The van der Waals surface area contributed by atoms with Crippen LogP contribution in [-0.4, -0.2) is 59.3 Å². The van der Waals surface area contributed by atoms with E-state index in [0.717, 1.165) is 71.8 Å². The van der Waals surface area contributed by atoms with Gasteiger partial charge in [-0.2, -0.15) is 0 Å². The van der Waals surface area contributed by atoms with E-state index >= 15 is 0 Å². The van der Waals surface area contributed by atoms with Crippen LogP contribution in [0.1, 0.15) is 29.1 Å². The number of furan rings is 1. The Morgan fingerprint density at radius 1 is 1.12 bits per heavy atom. The summed E-state index contributed by atoms with van der Waals surface area (Å²) in [5.41, 5.74) is 3.19. The summed E-state index contributed by atoms with van der Waals surface area (Å²) in [6.07, 6.45) is 1.82. The van der Waals surface area contributed by atoms with Crippen LogP contribution >= 0.6 is 28.1 Å². The molecule has 2 aliphatic rings. The Labute approximate surface area is 208 Å². The maximum atomic E-state index is 6.46. The van der Waals surface area contributed by atoms with Gasteiger partial charge in [0.25, 0.3) is 0 Å². The van der Waals surface area contributed by atoms with Crippen molar-refractivity contribution in [1.29, 1.82) is 0 Å². The van der Waals surface area contributed by atoms with Gasteiger partial charge in [0.1, 0.15) is 17.6 Å². The van der Waals surface area contributed by atoms with E-state index in [0.29, 0.717) is 0 Å². The SMILES string of the molecule is Cc1ccc(-c2ccc(C3C(c4ccccn4)NC(=S)N3CCN3CCOCC3)o2)c(Br)c1. The molecule has 1 N–H and O–H groups in total. The number of nitrogens with one attached hydrogen (secondary N) is 1. The molecule has 2 saturated heterocycles. The fraction of sp³-hybridized carbons (Fsp3) is 0.360. The molecule has 0 saturated carbocycles. The molecule has 5 rings (SSSR count). The van der Waals surface area contributed by atoms with Crippen molar-refractivity contribution in [3.05, 3.63) is 76.2 Å². The zero-order valence-electron chi connectivity index (χ0n) is 18.5. The van der Waals surface area contributed by atoms with Crippen LogP contribution < -0.4 is 5.32 Å². The number of aromatic nitrogens is 1. The Balaban J connectivity index is 1.45. The maximum Gasteiger partial charge on any atom is 0.170 e. The van der Waals surface area contributed by atoms with E-state index in [1.54, 1.807) is 0 Å². The van der Waals surface area contributed by atoms with Gasteiger partial charge in [0.15, 0.2) is 5.11 Å². The second-order valence-electron chi connectivity index (χ2n) is 8.46. The van der Waals surface area contributed by atoms with Crippen molar-refractivity contribution < 1.29 is 9.15 Å². The molecule has 1 aromatic carbocycles. The number of benzene rings is 1. The van der Waals surface area contributed by atoms with E-state index < -0.39 is 0 Å². The van der Waals surface area contributed by atoms with E-state index in [-0.39, 0.29) is 12.1 Å². The molecule has 8 heteroatoms. The number of halogens is 1. The first-order valence-electron chi connectivity index (χ1n) is 11.2. The standard InChI is InChI=1S/C25H27BrN4O2S/c1-17-5-6-18(19(26)16-17)21-7-8-22(32-21)24-23(20-4-2-3-9-27-20)28-25(33)30(24)11-10-29-12-14-31-15-13-29/h2-9,16,23-24H,10-15H2,1H3,(H,28,33). The summed E-state index contributed by atoms with van der Waals surface area (Å²) >= 11 is 9.48. The minimum Gasteiger partial charge on any atom is -0.459 e. The van der Waals surface area contributed by atoms with Gasteiger partial charge in [0.2, 0.25) is 0 Å². The van der Waals surface area contributed by atoms with Gasteiger partial charge >= 0.3 is 0 Å². The van der Waals surface area contributed by atoms with Crippen molar-refractivity contribution in [1.82, 2.24) is 20.1 Å². The number of ether oxygens (including phenoxy) is 1. The molecule has 0 spiro atoms. The van der Waals surface area contributed by atoms with Crippen LogP contribution in [0.3, 0.4) is 0 Å². The van der Waals surface area contributed by atoms with Crippen LogP contribution in [0, 0.1) is 6.92 Å². The van der Waals surface area contributed by atoms with Crippen LogP contribution in [0.4, 0.5) is 0 Å². The number of hydrogen-bond donors (Lipinski definition) is 1. The summed E-state index contributed by atoms with van der Waals surface area (Å²) in [6.45, 7) is 7.30. The lowest BCUT2D eigenvalue weighted by Gasteiger charge is -2.31. The number of aryl methyl sites for hydroxylation is 1. The van der Waals surface area contributed by atoms with Gasteiger partial charge in [-0.15, -0.1) is 0 Å². The number of pyridine rings is 1. The second kappa shape index (κ2) is 9.93. The molecule has 6 nitrogen and oxygen atoms in total. The van der Waals surface area contributed by atoms with Crippen LogP contribution in [0.25, 0.3) is 11.3 Å². The zero-order chi connectivity index (χ0) is 22.8. The van der Waals surface area contributed by atoms with Crippen molar-refractivity contribution in [2.45, 2.75) is 19.0 Å². The molecule has 2 fully saturated rings. The molecular weight excluding hydrogens is 500 g/mol. The Morgan fingerprint density at radius 2 is 1.97 bits per heavy atom. The number of nitrogens with zero attached hydrogens (tertiary/aromatic N) is 3. The third kappa shape index (κ3) is 4.84. The van der Waals surface area contributed by atoms with E-state index in [2.05, 4.69) is 67.2 Å². The topological polar surface area (TPSA) is 53.8 Å². The van der Waals surface area contributed by atoms with Crippen LogP contribution in [-0.2, 0) is 4.74 Å². The third-order valence-corrected chi connectivity index (χ3v) is 7.28. The van der Waals surface area contributed by atoms with E-state index in [4.69, 9.17) is 21.4 Å². The monoisotopic (exact) mass is 526 g/mol. The quantitative estimate of drug-likeness (QED) is 0.466. The first-order valence-corrected chi connectivity index (χ1v) is 12.4. The fourth-order valence-corrected chi connectivity index (χ4v) is 5.53. The molecule has 0 radical (unpaired) electrons. The Morgan fingerprint density at radius 3 is 2.73 bits per heavy atom. The highest BCUT2D eigenvalue weighted by Crippen LogP contribution is 2.41. The number of morpholine rings is 1. The minimum atomic E-state index is -0.0798. The summed E-state index contributed by atoms with van der Waals surface area (Å²) in [6, 6.07) is 16.2. The highest BCUT2D eigenvalue weighted by Gasteiger charge is 2.41. The van der Waals surface area contributed by atoms with E-state index in [9.17, 15) is 0 Å². The predicted octanol–water partition coefficient (Wildman–Crippen LogP) is 4.72. The summed E-state index contributed by atoms with van der Waals surface area (Å²) in [7, 11) is 0. The van der Waals surface area contributed by atoms with Crippen LogP contribution in [0.15, 0.2) is 63.6 Å². The summed E-state index contributed by atoms with van der Waals surface area (Å²) in [5, 5.41) is 4.24. The number of rotatable bonds is 6. The maximum absolute atomic E-state index is 6.46. The van der Waals surface area contributed by atoms with Gasteiger partial charge in [-0.1, -0.05) is 28.1 Å². The van der Waals surface area contributed by atoms with Gasteiger partial charge < -0.3 is 19.4 Å². The van der Waals surface area contributed by atoms with Gasteiger partial charge in [0, 0.05) is 42.4 Å². The largest absolute Gasteiger partial charge is 0.459 e. The molecule has 2 atom stereocenters. The molecule has 0 amide bonds. The van der Waals surface area contributed by atoms with Gasteiger partial charge in [0.05, 0.1) is 24.9 Å². The lowest BCUT2D eigenvalue weighted by Crippen LogP contribution is -2.42. The van der Waals surface area contributed by atoms with Crippen molar-refractivity contribution in [3.8, 4) is 11.3 Å². The Hall–Kier alpha value is -2.26. The average molecular weight is 527 g/mol. The van der Waals surface area contributed by atoms with Gasteiger partial charge in [-0.3, -0.25) is 9.88 Å². The smallest absolute Gasteiger partial charge is 0.170 e. The Bertz CT molecular complexity index is 1120. The second-order valence-corrected chi connectivity index (χ2v) is 9.70. The van der Waals surface area contributed by atoms with Gasteiger partial charge in [-0.25, -0.2) is 0 Å². The predicted molar refractivity (Wildman–Crippen MR) is 136 cm³/mol. The lowest BCUT2D eigenvalue weighted by atomic mass is 10.0. The van der Waals surface area contributed by atoms with E-state index in [1.807, 2.05) is 30.5 Å². The first-order chi connectivity index (χ1) is 16.1. The van der Waals surface area contributed by atoms with Crippen LogP contribution in [0.5, 0.6) is 0 Å². The first kappa shape index (κ1) is 22.5. The van der Waals surface area contributed by atoms with Crippen molar-refractivity contribution >= 4 is 33.3 Å². The van der Waals surface area contributed by atoms with Crippen molar-refractivity contribution in [2.24, 2.45) is 0 Å². The molecule has 172 valence electrons. The fourth-order valence-electron chi connectivity index (χ4n) is 4.51. The average Bonchev–Trinajstić information content (AvgIpc) is 3.43. The van der Waals surface area contributed by atoms with E-state index in [1.165, 1.54) is 5.56 Å². The minimum absolute atomic E-state index is 0.0774. The van der Waals surface area contributed by atoms with Crippen LogP contribution in [0.2, 0.25) is 0 Å². The molecule has 0 bridgehead atoms. The lowest BCUT2D eigenvalue weighted by molar-refractivity contribution is 0.0347. The Kier molecular flexibility index (Phi) is 6.78.